The minimum atomic E-state index is 0.554. The van der Waals surface area contributed by atoms with Crippen molar-refractivity contribution in [1.82, 2.24) is 15.4 Å². The Labute approximate surface area is 144 Å². The predicted molar refractivity (Wildman–Crippen MR) is 95.0 cm³/mol. The molecule has 1 aromatic carbocycles. The molecule has 0 bridgehead atoms. The molecule has 1 saturated heterocycles. The number of nitrogens with zero attached hydrogens (tertiary/aromatic N) is 2. The third-order valence-corrected chi connectivity index (χ3v) is 5.38. The van der Waals surface area contributed by atoms with Crippen LogP contribution < -0.4 is 5.32 Å². The molecule has 4 rings (SSSR count). The Hall–Kier alpha value is -1.65. The number of nitrogens with one attached hydrogen (secondary N) is 1. The molecular formula is C20H27N3O. The first-order valence-corrected chi connectivity index (χ1v) is 9.34. The van der Waals surface area contributed by atoms with E-state index in [-0.39, 0.29) is 0 Å². The van der Waals surface area contributed by atoms with E-state index in [9.17, 15) is 0 Å². The van der Waals surface area contributed by atoms with E-state index in [1.54, 1.807) is 0 Å². The molecule has 24 heavy (non-hydrogen) atoms. The van der Waals surface area contributed by atoms with Gasteiger partial charge in [-0.15, -0.1) is 0 Å². The maximum atomic E-state index is 5.62. The van der Waals surface area contributed by atoms with Crippen LogP contribution in [0.4, 0.5) is 0 Å². The van der Waals surface area contributed by atoms with Crippen molar-refractivity contribution in [3.8, 4) is 0 Å². The number of aryl methyl sites for hydroxylation is 1. The zero-order valence-corrected chi connectivity index (χ0v) is 14.3. The van der Waals surface area contributed by atoms with Crippen LogP contribution in [0.2, 0.25) is 0 Å². The number of hydrogen-bond acceptors (Lipinski definition) is 4. The third-order valence-electron chi connectivity index (χ3n) is 5.38. The number of fused-ring (bicyclic) bond motifs is 1. The SMILES string of the molecule is c1ccc(CCNC2CCc3onc(CN4CCCC4)c3C2)cc1. The number of benzene rings is 1. The summed E-state index contributed by atoms with van der Waals surface area (Å²) in [5, 5.41) is 8.12. The van der Waals surface area contributed by atoms with Crippen LogP contribution >= 0.6 is 0 Å². The standard InChI is InChI=1S/C20H27N3O/c1-2-6-16(7-3-1)10-11-21-17-8-9-20-18(14-17)19(22-24-20)15-23-12-4-5-13-23/h1-3,6-7,17,21H,4-5,8-15H2. The van der Waals surface area contributed by atoms with Crippen molar-refractivity contribution in [2.24, 2.45) is 0 Å². The van der Waals surface area contributed by atoms with E-state index in [4.69, 9.17) is 4.52 Å². The van der Waals surface area contributed by atoms with E-state index in [0.29, 0.717) is 6.04 Å². The normalized spacial score (nSPS) is 21.1. The van der Waals surface area contributed by atoms with Gasteiger partial charge in [0.1, 0.15) is 11.5 Å². The van der Waals surface area contributed by atoms with Crippen LogP contribution in [0.25, 0.3) is 0 Å². The second-order valence-electron chi connectivity index (χ2n) is 7.14. The summed E-state index contributed by atoms with van der Waals surface area (Å²) in [6.07, 6.45) is 6.98. The van der Waals surface area contributed by atoms with E-state index >= 15 is 0 Å². The largest absolute Gasteiger partial charge is 0.361 e. The minimum Gasteiger partial charge on any atom is -0.361 e. The van der Waals surface area contributed by atoms with Gasteiger partial charge in [0, 0.05) is 24.6 Å². The molecule has 0 saturated carbocycles. The first kappa shape index (κ1) is 15.9. The maximum absolute atomic E-state index is 5.62. The highest BCUT2D eigenvalue weighted by Crippen LogP contribution is 2.26. The van der Waals surface area contributed by atoms with Gasteiger partial charge in [0.2, 0.25) is 0 Å². The Kier molecular flexibility index (Phi) is 4.95. The summed E-state index contributed by atoms with van der Waals surface area (Å²) in [5.74, 6) is 1.13. The van der Waals surface area contributed by atoms with Gasteiger partial charge >= 0.3 is 0 Å². The van der Waals surface area contributed by atoms with Crippen LogP contribution in [-0.2, 0) is 25.8 Å². The van der Waals surface area contributed by atoms with Crippen molar-refractivity contribution >= 4 is 0 Å². The van der Waals surface area contributed by atoms with Gasteiger partial charge in [-0.3, -0.25) is 4.90 Å². The molecule has 0 spiro atoms. The lowest BCUT2D eigenvalue weighted by molar-refractivity contribution is 0.309. The van der Waals surface area contributed by atoms with Gasteiger partial charge in [-0.2, -0.15) is 0 Å². The van der Waals surface area contributed by atoms with E-state index in [2.05, 4.69) is 45.7 Å². The molecule has 0 amide bonds. The van der Waals surface area contributed by atoms with Crippen molar-refractivity contribution < 1.29 is 4.52 Å². The lowest BCUT2D eigenvalue weighted by Crippen LogP contribution is -2.36. The lowest BCUT2D eigenvalue weighted by Gasteiger charge is -2.23. The quantitative estimate of drug-likeness (QED) is 0.886. The number of likely N-dealkylation sites (tertiary alicyclic amines) is 1. The number of aromatic nitrogens is 1. The molecule has 0 radical (unpaired) electrons. The van der Waals surface area contributed by atoms with Crippen molar-refractivity contribution in [2.45, 2.75) is 51.1 Å². The minimum absolute atomic E-state index is 0.554. The summed E-state index contributed by atoms with van der Waals surface area (Å²) < 4.78 is 5.62. The molecule has 1 aliphatic heterocycles. The highest BCUT2D eigenvalue weighted by atomic mass is 16.5. The summed E-state index contributed by atoms with van der Waals surface area (Å²) in [4.78, 5) is 2.50. The Bertz CT molecular complexity index is 646. The summed E-state index contributed by atoms with van der Waals surface area (Å²) >= 11 is 0. The molecule has 4 heteroatoms. The molecule has 1 aromatic heterocycles. The topological polar surface area (TPSA) is 41.3 Å². The molecule has 4 nitrogen and oxygen atoms in total. The first-order valence-electron chi connectivity index (χ1n) is 9.34. The molecular weight excluding hydrogens is 298 g/mol. The van der Waals surface area contributed by atoms with E-state index in [0.717, 1.165) is 44.5 Å². The average molecular weight is 325 g/mol. The van der Waals surface area contributed by atoms with Gasteiger partial charge in [0.25, 0.3) is 0 Å². The Morgan fingerprint density at radius 2 is 2.00 bits per heavy atom. The smallest absolute Gasteiger partial charge is 0.140 e. The molecule has 128 valence electrons. The summed E-state index contributed by atoms with van der Waals surface area (Å²) in [5.41, 5.74) is 3.97. The Morgan fingerprint density at radius 3 is 2.83 bits per heavy atom. The fraction of sp³-hybridized carbons (Fsp3) is 0.550. The van der Waals surface area contributed by atoms with Gasteiger partial charge in [-0.1, -0.05) is 35.5 Å². The van der Waals surface area contributed by atoms with Crippen molar-refractivity contribution in [3.05, 3.63) is 52.9 Å². The van der Waals surface area contributed by atoms with E-state index < -0.39 is 0 Å². The van der Waals surface area contributed by atoms with Crippen LogP contribution in [0, 0.1) is 0 Å². The monoisotopic (exact) mass is 325 g/mol. The molecule has 1 fully saturated rings. The number of hydrogen-bond donors (Lipinski definition) is 1. The van der Waals surface area contributed by atoms with Crippen molar-refractivity contribution in [2.75, 3.05) is 19.6 Å². The van der Waals surface area contributed by atoms with E-state index in [1.165, 1.54) is 42.8 Å². The second-order valence-corrected chi connectivity index (χ2v) is 7.14. The molecule has 2 aliphatic rings. The van der Waals surface area contributed by atoms with Crippen LogP contribution in [0.3, 0.4) is 0 Å². The molecule has 1 aliphatic carbocycles. The molecule has 1 atom stereocenters. The average Bonchev–Trinajstić information content (AvgIpc) is 3.27. The zero-order chi connectivity index (χ0) is 16.2. The van der Waals surface area contributed by atoms with Crippen molar-refractivity contribution in [3.63, 3.8) is 0 Å². The van der Waals surface area contributed by atoms with Crippen LogP contribution in [0.5, 0.6) is 0 Å². The fourth-order valence-corrected chi connectivity index (χ4v) is 3.98. The van der Waals surface area contributed by atoms with E-state index in [1.807, 2.05) is 0 Å². The Morgan fingerprint density at radius 1 is 1.17 bits per heavy atom. The fourth-order valence-electron chi connectivity index (χ4n) is 3.98. The van der Waals surface area contributed by atoms with Gasteiger partial charge in [0.15, 0.2) is 0 Å². The summed E-state index contributed by atoms with van der Waals surface area (Å²) in [6, 6.07) is 11.3. The molecule has 2 heterocycles. The zero-order valence-electron chi connectivity index (χ0n) is 14.3. The highest BCUT2D eigenvalue weighted by Gasteiger charge is 2.26. The first-order chi connectivity index (χ1) is 11.9. The molecule has 1 unspecified atom stereocenters. The summed E-state index contributed by atoms with van der Waals surface area (Å²) in [7, 11) is 0. The second kappa shape index (κ2) is 7.49. The lowest BCUT2D eigenvalue weighted by atomic mass is 9.92. The van der Waals surface area contributed by atoms with Crippen LogP contribution in [0.1, 0.15) is 41.8 Å². The summed E-state index contributed by atoms with van der Waals surface area (Å²) in [6.45, 7) is 4.42. The van der Waals surface area contributed by atoms with Gasteiger partial charge in [-0.25, -0.2) is 0 Å². The van der Waals surface area contributed by atoms with Gasteiger partial charge in [0.05, 0.1) is 0 Å². The predicted octanol–water partition coefficient (Wildman–Crippen LogP) is 2.96. The maximum Gasteiger partial charge on any atom is 0.140 e. The molecule has 2 aromatic rings. The third kappa shape index (κ3) is 3.70. The van der Waals surface area contributed by atoms with Gasteiger partial charge < -0.3 is 9.84 Å². The van der Waals surface area contributed by atoms with Crippen LogP contribution in [-0.4, -0.2) is 35.7 Å². The Balaban J connectivity index is 1.32. The van der Waals surface area contributed by atoms with Crippen LogP contribution in [0.15, 0.2) is 34.9 Å². The van der Waals surface area contributed by atoms with Crippen molar-refractivity contribution in [1.29, 1.82) is 0 Å². The number of rotatable bonds is 6. The van der Waals surface area contributed by atoms with Gasteiger partial charge in [-0.05, 0) is 57.3 Å². The molecule has 1 N–H and O–H groups in total. The highest BCUT2D eigenvalue weighted by molar-refractivity contribution is 5.27.